The van der Waals surface area contributed by atoms with Crippen molar-refractivity contribution in [2.75, 3.05) is 20.1 Å². The van der Waals surface area contributed by atoms with E-state index in [0.717, 1.165) is 0 Å². The summed E-state index contributed by atoms with van der Waals surface area (Å²) in [6, 6.07) is 0. The van der Waals surface area contributed by atoms with Crippen LogP contribution in [0.2, 0.25) is 0 Å². The molecule has 1 aliphatic rings. The molecule has 0 unspecified atom stereocenters. The van der Waals surface area contributed by atoms with Gasteiger partial charge in [-0.2, -0.15) is 0 Å². The average molecular weight is 57.1 g/mol. The van der Waals surface area contributed by atoms with Gasteiger partial charge in [0.1, 0.15) is 0 Å². The Labute approximate surface area is 26.2 Å². The molecular weight excluding hydrogens is 50.0 g/mol. The van der Waals surface area contributed by atoms with Gasteiger partial charge < -0.3 is 4.90 Å². The summed E-state index contributed by atoms with van der Waals surface area (Å²) >= 11 is 0. The monoisotopic (exact) mass is 57.1 g/mol. The van der Waals surface area contributed by atoms with Crippen molar-refractivity contribution in [2.24, 2.45) is 0 Å². The summed E-state index contributed by atoms with van der Waals surface area (Å²) in [5.41, 5.74) is 0. The highest BCUT2D eigenvalue weighted by Crippen LogP contribution is 1.93. The van der Waals surface area contributed by atoms with Gasteiger partial charge in [0.25, 0.3) is 0 Å². The molecule has 24 valence electrons. The summed E-state index contributed by atoms with van der Waals surface area (Å²) in [6.07, 6.45) is 0. The lowest BCUT2D eigenvalue weighted by Crippen LogP contribution is -1.75. The summed E-state index contributed by atoms with van der Waals surface area (Å²) in [5, 5.41) is 0. The first-order valence-electron chi connectivity index (χ1n) is 1.58. The van der Waals surface area contributed by atoms with Gasteiger partial charge in [-0.15, -0.1) is 0 Å². The summed E-state index contributed by atoms with van der Waals surface area (Å²) in [6.45, 7) is 2.64. The molecule has 4 heavy (non-hydrogen) atoms. The van der Waals surface area contributed by atoms with E-state index in [9.17, 15) is 0 Å². The number of hydrogen-bond acceptors (Lipinski definition) is 1. The molecule has 1 aliphatic heterocycles. The molecule has 1 fully saturated rings. The molecule has 0 atom stereocenters. The Bertz CT molecular complexity index is 22.5. The molecule has 0 saturated carbocycles. The van der Waals surface area contributed by atoms with Crippen LogP contribution in [0, 0.1) is 0 Å². The third-order valence-electron chi connectivity index (χ3n) is 0.671. The molecule has 0 amide bonds. The molecule has 1 saturated heterocycles. The van der Waals surface area contributed by atoms with Crippen LogP contribution in [-0.2, 0) is 0 Å². The largest absolute Gasteiger partial charge is 0.304 e. The fourth-order valence-electron chi connectivity index (χ4n) is 0.1000. The molecule has 0 aromatic rings. The van der Waals surface area contributed by atoms with E-state index in [0.29, 0.717) is 0 Å². The second kappa shape index (κ2) is 0.462. The fourth-order valence-corrected chi connectivity index (χ4v) is 0.1000. The van der Waals surface area contributed by atoms with Gasteiger partial charge >= 0.3 is 0 Å². The first kappa shape index (κ1) is 2.21. The van der Waals surface area contributed by atoms with E-state index in [1.807, 2.05) is 0 Å². The fraction of sp³-hybridized carbons (Fsp3) is 1.00. The van der Waals surface area contributed by atoms with Gasteiger partial charge in [-0.05, 0) is 7.05 Å². The Hall–Kier alpha value is -0.0400. The number of rotatable bonds is 0. The summed E-state index contributed by atoms with van der Waals surface area (Å²) < 4.78 is 0. The van der Waals surface area contributed by atoms with Crippen molar-refractivity contribution >= 4 is 0 Å². The number of nitrogens with zero attached hydrogens (tertiary/aromatic N) is 1. The van der Waals surface area contributed by atoms with Gasteiger partial charge in [-0.1, -0.05) is 0 Å². The van der Waals surface area contributed by atoms with Crippen LogP contribution in [0.1, 0.15) is 0 Å². The van der Waals surface area contributed by atoms with E-state index in [2.05, 4.69) is 11.9 Å². The maximum Gasteiger partial charge on any atom is 0.0107 e. The van der Waals surface area contributed by atoms with Crippen molar-refractivity contribution in [3.05, 3.63) is 0 Å². The van der Waals surface area contributed by atoms with Crippen LogP contribution in [0.3, 0.4) is 0 Å². The van der Waals surface area contributed by atoms with Crippen molar-refractivity contribution in [3.8, 4) is 0 Å². The van der Waals surface area contributed by atoms with Gasteiger partial charge in [0, 0.05) is 13.1 Å². The van der Waals surface area contributed by atoms with Gasteiger partial charge in [0.2, 0.25) is 0 Å². The summed E-state index contributed by atoms with van der Waals surface area (Å²) in [4.78, 5) is 2.25. The lowest BCUT2D eigenvalue weighted by Gasteiger charge is -1.66. The Morgan fingerprint density at radius 2 is 1.75 bits per heavy atom. The zero-order valence-corrected chi connectivity index (χ0v) is 2.86. The van der Waals surface area contributed by atoms with Crippen LogP contribution in [0.5, 0.6) is 0 Å². The topological polar surface area (TPSA) is 3.01 Å². The minimum absolute atomic E-state index is 1.32. The molecular formula is C3H7N. The second-order valence-corrected chi connectivity index (χ2v) is 1.30. The van der Waals surface area contributed by atoms with Crippen LogP contribution in [0.25, 0.3) is 0 Å². The Balaban J connectivity index is 2.17. The molecule has 1 rings (SSSR count). The SMILES string of the molecule is CN1CC1. The summed E-state index contributed by atoms with van der Waals surface area (Å²) in [7, 11) is 2.11. The van der Waals surface area contributed by atoms with E-state index >= 15 is 0 Å². The third-order valence-corrected chi connectivity index (χ3v) is 0.671. The smallest absolute Gasteiger partial charge is 0.0107 e. The van der Waals surface area contributed by atoms with Gasteiger partial charge in [-0.3, -0.25) is 0 Å². The minimum atomic E-state index is 1.32. The van der Waals surface area contributed by atoms with Gasteiger partial charge in [0.15, 0.2) is 0 Å². The molecule has 1 heteroatoms. The average Bonchev–Trinajstić information content (AvgIpc) is 1.75. The molecule has 0 N–H and O–H groups in total. The Kier molecular flexibility index (Phi) is 0.256. The molecule has 0 aromatic carbocycles. The highest BCUT2D eigenvalue weighted by molar-refractivity contribution is 4.64. The van der Waals surface area contributed by atoms with E-state index in [1.54, 1.807) is 0 Å². The van der Waals surface area contributed by atoms with Crippen LogP contribution < -0.4 is 0 Å². The van der Waals surface area contributed by atoms with Crippen LogP contribution in [0.4, 0.5) is 0 Å². The molecule has 0 aromatic heterocycles. The molecule has 0 radical (unpaired) electrons. The lowest BCUT2D eigenvalue weighted by atomic mass is 11.0. The quantitative estimate of drug-likeness (QED) is 0.352. The molecule has 0 bridgehead atoms. The van der Waals surface area contributed by atoms with Crippen LogP contribution in [-0.4, -0.2) is 25.0 Å². The molecule has 0 spiro atoms. The maximum absolute atomic E-state index is 2.25. The van der Waals surface area contributed by atoms with Gasteiger partial charge in [0.05, 0.1) is 0 Å². The second-order valence-electron chi connectivity index (χ2n) is 1.30. The van der Waals surface area contributed by atoms with Crippen molar-refractivity contribution in [1.29, 1.82) is 0 Å². The maximum atomic E-state index is 2.25. The third kappa shape index (κ3) is 0.206. The lowest BCUT2D eigenvalue weighted by molar-refractivity contribution is 0.698. The molecule has 0 aliphatic carbocycles. The van der Waals surface area contributed by atoms with Crippen LogP contribution >= 0.6 is 0 Å². The number of hydrogen-bond donors (Lipinski definition) is 0. The van der Waals surface area contributed by atoms with Crippen LogP contribution in [0.15, 0.2) is 0 Å². The predicted molar refractivity (Wildman–Crippen MR) is 17.5 cm³/mol. The van der Waals surface area contributed by atoms with E-state index in [4.69, 9.17) is 0 Å². The first-order chi connectivity index (χ1) is 1.89. The van der Waals surface area contributed by atoms with E-state index < -0.39 is 0 Å². The Morgan fingerprint density at radius 3 is 1.75 bits per heavy atom. The minimum Gasteiger partial charge on any atom is -0.304 e. The van der Waals surface area contributed by atoms with Crippen molar-refractivity contribution < 1.29 is 0 Å². The highest BCUT2D eigenvalue weighted by atomic mass is 15.2. The molecule has 1 nitrogen and oxygen atoms in total. The molecule has 1 heterocycles. The summed E-state index contributed by atoms with van der Waals surface area (Å²) in [5.74, 6) is 0. The van der Waals surface area contributed by atoms with Gasteiger partial charge in [-0.25, -0.2) is 0 Å². The zero-order chi connectivity index (χ0) is 2.99. The van der Waals surface area contributed by atoms with Crippen molar-refractivity contribution in [2.45, 2.75) is 0 Å². The number of likely N-dealkylation sites (N-methyl/N-ethyl adjacent to an activating group) is 1. The van der Waals surface area contributed by atoms with Crippen molar-refractivity contribution in [1.82, 2.24) is 4.90 Å². The van der Waals surface area contributed by atoms with E-state index in [1.165, 1.54) is 13.1 Å². The zero-order valence-electron chi connectivity index (χ0n) is 2.86. The predicted octanol–water partition coefficient (Wildman–Crippen LogP) is -0.0682. The Morgan fingerprint density at radius 1 is 1.50 bits per heavy atom. The standard InChI is InChI=1S/C3H7N/c1-4-2-3-4/h2-3H2,1H3. The highest BCUT2D eigenvalue weighted by Gasteiger charge is 2.07. The first-order valence-corrected chi connectivity index (χ1v) is 1.58. The van der Waals surface area contributed by atoms with E-state index in [-0.39, 0.29) is 0 Å². The normalized spacial score (nSPS) is 26.2. The van der Waals surface area contributed by atoms with Crippen molar-refractivity contribution in [3.63, 3.8) is 0 Å².